The topological polar surface area (TPSA) is 72.7 Å². The maximum atomic E-state index is 12.8. The summed E-state index contributed by atoms with van der Waals surface area (Å²) in [6.07, 6.45) is 0.636. The lowest BCUT2D eigenvalue weighted by molar-refractivity contribution is -0.384. The number of nitrogens with zero attached hydrogens (tertiary/aromatic N) is 2. The van der Waals surface area contributed by atoms with Crippen molar-refractivity contribution in [2.75, 3.05) is 18.6 Å². The van der Waals surface area contributed by atoms with Gasteiger partial charge < -0.3 is 9.64 Å². The van der Waals surface area contributed by atoms with E-state index in [-0.39, 0.29) is 21.6 Å². The number of amides is 1. The van der Waals surface area contributed by atoms with Crippen LogP contribution in [0.15, 0.2) is 30.3 Å². The second kappa shape index (κ2) is 6.30. The van der Waals surface area contributed by atoms with Crippen molar-refractivity contribution < 1.29 is 14.5 Å². The predicted molar refractivity (Wildman–Crippen MR) is 91.5 cm³/mol. The lowest BCUT2D eigenvalue weighted by Crippen LogP contribution is -2.29. The van der Waals surface area contributed by atoms with Crippen LogP contribution in [0.5, 0.6) is 5.75 Å². The van der Waals surface area contributed by atoms with Gasteiger partial charge in [0.15, 0.2) is 5.75 Å². The van der Waals surface area contributed by atoms with Gasteiger partial charge in [-0.05, 0) is 24.1 Å². The molecule has 0 atom stereocenters. The molecule has 0 spiro atoms. The number of nitro benzene ring substituents is 1. The fourth-order valence-corrected chi connectivity index (χ4v) is 3.37. The Kier molecular flexibility index (Phi) is 4.34. The van der Waals surface area contributed by atoms with Gasteiger partial charge in [-0.3, -0.25) is 14.9 Å². The number of hydrogen-bond acceptors (Lipinski definition) is 4. The van der Waals surface area contributed by atoms with E-state index >= 15 is 0 Å². The van der Waals surface area contributed by atoms with Gasteiger partial charge in [0.25, 0.3) is 11.6 Å². The van der Waals surface area contributed by atoms with Gasteiger partial charge in [0.1, 0.15) is 0 Å². The first kappa shape index (κ1) is 16.5. The number of methoxy groups -OCH3 is 1. The summed E-state index contributed by atoms with van der Waals surface area (Å²) in [6.45, 7) is 0.441. The molecule has 2 aromatic rings. The predicted octanol–water partition coefficient (Wildman–Crippen LogP) is 4.11. The molecular weight excluding hydrogens is 355 g/mol. The van der Waals surface area contributed by atoms with E-state index < -0.39 is 4.92 Å². The summed E-state index contributed by atoms with van der Waals surface area (Å²) in [7, 11) is 1.43. The third-order valence-electron chi connectivity index (χ3n) is 3.87. The van der Waals surface area contributed by atoms with Crippen LogP contribution in [0, 0.1) is 10.1 Å². The first-order valence-electron chi connectivity index (χ1n) is 7.04. The average Bonchev–Trinajstić information content (AvgIpc) is 2.96. The highest BCUT2D eigenvalue weighted by Crippen LogP contribution is 2.36. The van der Waals surface area contributed by atoms with Gasteiger partial charge in [-0.2, -0.15) is 0 Å². The lowest BCUT2D eigenvalue weighted by Gasteiger charge is -2.18. The van der Waals surface area contributed by atoms with Crippen molar-refractivity contribution >= 4 is 40.5 Å². The Morgan fingerprint density at radius 2 is 1.92 bits per heavy atom. The quantitative estimate of drug-likeness (QED) is 0.605. The van der Waals surface area contributed by atoms with Crippen molar-refractivity contribution in [3.05, 3.63) is 61.6 Å². The standard InChI is InChI=1S/C16H12Cl2N2O4/c1-24-15-12(17)6-10(7-13(15)18)16(21)19-5-4-9-2-3-11(20(22)23)8-14(9)19/h2-3,6-8H,4-5H2,1H3. The summed E-state index contributed by atoms with van der Waals surface area (Å²) in [6, 6.07) is 7.48. The van der Waals surface area contributed by atoms with Crippen LogP contribution in [0.2, 0.25) is 10.0 Å². The number of rotatable bonds is 3. The molecule has 24 heavy (non-hydrogen) atoms. The van der Waals surface area contributed by atoms with Crippen molar-refractivity contribution in [1.29, 1.82) is 0 Å². The fourth-order valence-electron chi connectivity index (χ4n) is 2.73. The molecule has 1 heterocycles. The van der Waals surface area contributed by atoms with Crippen molar-refractivity contribution in [2.24, 2.45) is 0 Å². The molecule has 6 nitrogen and oxygen atoms in total. The van der Waals surface area contributed by atoms with Gasteiger partial charge in [0, 0.05) is 24.2 Å². The van der Waals surface area contributed by atoms with Crippen LogP contribution in [0.1, 0.15) is 15.9 Å². The minimum atomic E-state index is -0.484. The first-order chi connectivity index (χ1) is 11.4. The van der Waals surface area contributed by atoms with Crippen LogP contribution in [-0.4, -0.2) is 24.5 Å². The Bertz CT molecular complexity index is 831. The second-order valence-corrected chi connectivity index (χ2v) is 6.06. The molecule has 0 saturated heterocycles. The largest absolute Gasteiger partial charge is 0.494 e. The molecule has 0 bridgehead atoms. The average molecular weight is 367 g/mol. The molecule has 8 heteroatoms. The number of halogens is 2. The van der Waals surface area contributed by atoms with Crippen LogP contribution >= 0.6 is 23.2 Å². The Morgan fingerprint density at radius 1 is 1.25 bits per heavy atom. The number of anilines is 1. The summed E-state index contributed by atoms with van der Waals surface area (Å²) in [5.74, 6) is -0.0203. The molecule has 0 N–H and O–H groups in total. The molecule has 0 unspecified atom stereocenters. The van der Waals surface area contributed by atoms with E-state index in [0.717, 1.165) is 5.56 Å². The molecule has 0 saturated carbocycles. The van der Waals surface area contributed by atoms with E-state index in [1.807, 2.05) is 0 Å². The Balaban J connectivity index is 1.99. The number of ether oxygens (including phenoxy) is 1. The summed E-state index contributed by atoms with van der Waals surface area (Å²) in [5, 5.41) is 11.4. The highest BCUT2D eigenvalue weighted by atomic mass is 35.5. The number of non-ortho nitro benzene ring substituents is 1. The maximum absolute atomic E-state index is 12.8. The Morgan fingerprint density at radius 3 is 2.50 bits per heavy atom. The number of carbonyl (C=O) groups is 1. The number of carbonyl (C=O) groups excluding carboxylic acids is 1. The molecular formula is C16H12Cl2N2O4. The minimum Gasteiger partial charge on any atom is -0.494 e. The lowest BCUT2D eigenvalue weighted by atomic mass is 10.1. The highest BCUT2D eigenvalue weighted by molar-refractivity contribution is 6.37. The molecule has 1 aliphatic heterocycles. The monoisotopic (exact) mass is 366 g/mol. The molecule has 124 valence electrons. The number of benzene rings is 2. The molecule has 0 radical (unpaired) electrons. The summed E-state index contributed by atoms with van der Waals surface area (Å²) in [5.41, 5.74) is 1.67. The fraction of sp³-hybridized carbons (Fsp3) is 0.188. The molecule has 0 aliphatic carbocycles. The van der Waals surface area contributed by atoms with E-state index in [1.54, 1.807) is 6.07 Å². The Labute approximate surface area is 147 Å². The van der Waals surface area contributed by atoms with Crippen LogP contribution < -0.4 is 9.64 Å². The molecule has 0 fully saturated rings. The van der Waals surface area contributed by atoms with E-state index in [4.69, 9.17) is 27.9 Å². The molecule has 0 aromatic heterocycles. The van der Waals surface area contributed by atoms with Gasteiger partial charge in [-0.15, -0.1) is 0 Å². The summed E-state index contributed by atoms with van der Waals surface area (Å²) in [4.78, 5) is 24.8. The van der Waals surface area contributed by atoms with Gasteiger partial charge in [-0.25, -0.2) is 0 Å². The number of hydrogen-bond donors (Lipinski definition) is 0. The van der Waals surface area contributed by atoms with Crippen LogP contribution in [0.3, 0.4) is 0 Å². The zero-order chi connectivity index (χ0) is 17.4. The molecule has 2 aromatic carbocycles. The molecule has 1 amide bonds. The normalized spacial score (nSPS) is 12.9. The van der Waals surface area contributed by atoms with Gasteiger partial charge in [0.05, 0.1) is 27.8 Å². The summed E-state index contributed by atoms with van der Waals surface area (Å²) >= 11 is 12.2. The summed E-state index contributed by atoms with van der Waals surface area (Å²) < 4.78 is 5.07. The number of fused-ring (bicyclic) bond motifs is 1. The van der Waals surface area contributed by atoms with Crippen LogP contribution in [-0.2, 0) is 6.42 Å². The van der Waals surface area contributed by atoms with E-state index in [0.29, 0.717) is 30.0 Å². The molecule has 3 rings (SSSR count). The van der Waals surface area contributed by atoms with Crippen molar-refractivity contribution in [1.82, 2.24) is 0 Å². The van der Waals surface area contributed by atoms with Crippen LogP contribution in [0.25, 0.3) is 0 Å². The maximum Gasteiger partial charge on any atom is 0.271 e. The molecule has 1 aliphatic rings. The van der Waals surface area contributed by atoms with Gasteiger partial charge >= 0.3 is 0 Å². The van der Waals surface area contributed by atoms with Crippen molar-refractivity contribution in [3.8, 4) is 5.75 Å². The van der Waals surface area contributed by atoms with E-state index in [2.05, 4.69) is 0 Å². The van der Waals surface area contributed by atoms with Crippen molar-refractivity contribution in [3.63, 3.8) is 0 Å². The van der Waals surface area contributed by atoms with Gasteiger partial charge in [0.2, 0.25) is 0 Å². The number of nitro groups is 1. The van der Waals surface area contributed by atoms with Crippen LogP contribution in [0.4, 0.5) is 11.4 Å². The zero-order valence-electron chi connectivity index (χ0n) is 12.6. The minimum absolute atomic E-state index is 0.0563. The zero-order valence-corrected chi connectivity index (χ0v) is 14.1. The SMILES string of the molecule is COc1c(Cl)cc(C(=O)N2CCc3ccc([N+](=O)[O-])cc32)cc1Cl. The van der Waals surface area contributed by atoms with E-state index in [1.165, 1.54) is 36.3 Å². The van der Waals surface area contributed by atoms with Gasteiger partial charge in [-0.1, -0.05) is 29.3 Å². The smallest absolute Gasteiger partial charge is 0.271 e. The third kappa shape index (κ3) is 2.79. The third-order valence-corrected chi connectivity index (χ3v) is 4.43. The second-order valence-electron chi connectivity index (χ2n) is 5.25. The van der Waals surface area contributed by atoms with Crippen molar-refractivity contribution in [2.45, 2.75) is 6.42 Å². The Hall–Kier alpha value is -2.31. The van der Waals surface area contributed by atoms with E-state index in [9.17, 15) is 14.9 Å². The first-order valence-corrected chi connectivity index (χ1v) is 7.80. The highest BCUT2D eigenvalue weighted by Gasteiger charge is 2.28.